The molecule has 0 radical (unpaired) electrons. The van der Waals surface area contributed by atoms with Crippen LogP contribution in [0, 0.1) is 0 Å². The second-order valence-electron chi connectivity index (χ2n) is 15.3. The van der Waals surface area contributed by atoms with E-state index in [2.05, 4.69) is 30.6 Å². The Balaban J connectivity index is 0.740. The molecule has 2 aromatic carbocycles. The van der Waals surface area contributed by atoms with Gasteiger partial charge in [0, 0.05) is 66.6 Å². The number of nitrogens with one attached hydrogen (secondary N) is 2. The number of ether oxygens (including phenoxy) is 4. The molecule has 0 bridgehead atoms. The molecule has 2 aliphatic heterocycles. The Kier molecular flexibility index (Phi) is 13.1. The number of rotatable bonds is 19. The summed E-state index contributed by atoms with van der Waals surface area (Å²) in [4.78, 5) is 41.1. The van der Waals surface area contributed by atoms with Crippen molar-refractivity contribution in [1.82, 2.24) is 54.1 Å². The Morgan fingerprint density at radius 1 is 0.681 bits per heavy atom. The number of sulfonamides is 1. The lowest BCUT2D eigenvalue weighted by Gasteiger charge is -2.20. The molecule has 358 valence electrons. The van der Waals surface area contributed by atoms with Crippen LogP contribution in [0.2, 0.25) is 0 Å². The maximum absolute atomic E-state index is 13.1. The van der Waals surface area contributed by atoms with Crippen molar-refractivity contribution < 1.29 is 46.2 Å². The summed E-state index contributed by atoms with van der Waals surface area (Å²) in [6, 6.07) is 14.8. The van der Waals surface area contributed by atoms with E-state index in [1.54, 1.807) is 24.7 Å². The van der Waals surface area contributed by atoms with Gasteiger partial charge < -0.3 is 59.0 Å². The van der Waals surface area contributed by atoms with Gasteiger partial charge >= 0.3 is 0 Å². The van der Waals surface area contributed by atoms with Crippen molar-refractivity contribution in [3.8, 4) is 45.6 Å². The number of hydroxylamine groups is 1. The monoisotopic (exact) mass is 997 g/mol. The van der Waals surface area contributed by atoms with Crippen molar-refractivity contribution in [1.29, 1.82) is 0 Å². The number of aromatic nitrogens is 8. The maximum atomic E-state index is 13.1. The van der Waals surface area contributed by atoms with Gasteiger partial charge in [0.2, 0.25) is 0 Å². The van der Waals surface area contributed by atoms with E-state index in [4.69, 9.17) is 49.2 Å². The zero-order chi connectivity index (χ0) is 47.5. The summed E-state index contributed by atoms with van der Waals surface area (Å²) in [6.45, 7) is 2.85. The number of furan rings is 2. The van der Waals surface area contributed by atoms with Crippen molar-refractivity contribution in [3.05, 3.63) is 73.7 Å². The Labute approximate surface area is 400 Å². The summed E-state index contributed by atoms with van der Waals surface area (Å²) < 4.78 is 64.6. The molecule has 0 spiro atoms. The number of amides is 1. The number of nitrogen functional groups attached to an aromatic ring is 2. The molecule has 6 aromatic heterocycles. The average molecular weight is 998 g/mol. The number of hydrogen-bond donors (Lipinski definition) is 5. The number of carbonyl (C=O) groups is 1. The molecule has 8 heterocycles. The number of nitrogens with zero attached hydrogens (tertiary/aromatic N) is 9. The van der Waals surface area contributed by atoms with Gasteiger partial charge in [-0.25, -0.2) is 38.3 Å². The zero-order valence-electron chi connectivity index (χ0n) is 36.4. The molecule has 8 aromatic rings. The predicted octanol–water partition coefficient (Wildman–Crippen LogP) is 4.31. The van der Waals surface area contributed by atoms with Crippen LogP contribution in [0.1, 0.15) is 6.42 Å². The third-order valence-corrected chi connectivity index (χ3v) is 14.4. The number of anilines is 2. The van der Waals surface area contributed by atoms with E-state index in [0.717, 1.165) is 20.9 Å². The van der Waals surface area contributed by atoms with Gasteiger partial charge in [-0.05, 0) is 48.5 Å². The van der Waals surface area contributed by atoms with Crippen LogP contribution in [0.15, 0.2) is 103 Å². The van der Waals surface area contributed by atoms with Gasteiger partial charge in [-0.15, -0.1) is 4.47 Å². The fourth-order valence-corrected chi connectivity index (χ4v) is 10.6. The van der Waals surface area contributed by atoms with Gasteiger partial charge in [0.1, 0.15) is 50.6 Å². The highest BCUT2D eigenvalue weighted by atomic mass is 32.2. The molecule has 10 rings (SSSR count). The molecule has 69 heavy (non-hydrogen) atoms. The minimum Gasteiger partial charge on any atom is -0.486 e. The van der Waals surface area contributed by atoms with Crippen LogP contribution in [0.4, 0.5) is 11.6 Å². The fraction of sp³-hybridized carbons (Fsp3) is 0.279. The molecule has 0 fully saturated rings. The minimum atomic E-state index is -4.39. The van der Waals surface area contributed by atoms with Gasteiger partial charge in [0.15, 0.2) is 67.3 Å². The number of nitrogens with two attached hydrogens (primary N) is 2. The number of carbonyl (C=O) groups excluding carboxylic acids is 1. The summed E-state index contributed by atoms with van der Waals surface area (Å²) in [6.07, 6.45) is 5.56. The molecule has 0 saturated carbocycles. The third-order valence-electron chi connectivity index (χ3n) is 10.9. The Hall–Kier alpha value is -7.10. The summed E-state index contributed by atoms with van der Waals surface area (Å²) >= 11 is 2.69. The molecule has 7 N–H and O–H groups in total. The van der Waals surface area contributed by atoms with Crippen molar-refractivity contribution in [2.45, 2.75) is 39.6 Å². The van der Waals surface area contributed by atoms with Gasteiger partial charge in [-0.2, -0.15) is 0 Å². The molecule has 26 heteroatoms. The van der Waals surface area contributed by atoms with Gasteiger partial charge in [-0.1, -0.05) is 23.5 Å². The summed E-state index contributed by atoms with van der Waals surface area (Å²) in [5, 5.41) is 17.9. The van der Waals surface area contributed by atoms with E-state index >= 15 is 0 Å². The quantitative estimate of drug-likeness (QED) is 0.0428. The van der Waals surface area contributed by atoms with Crippen LogP contribution >= 0.6 is 23.5 Å². The highest BCUT2D eigenvalue weighted by molar-refractivity contribution is 7.99. The lowest BCUT2D eigenvalue weighted by molar-refractivity contribution is -0.145. The normalized spacial score (nSPS) is 13.3. The molecule has 0 aliphatic carbocycles. The van der Waals surface area contributed by atoms with Crippen molar-refractivity contribution >= 4 is 73.4 Å². The summed E-state index contributed by atoms with van der Waals surface area (Å²) in [5.41, 5.74) is 15.7. The summed E-state index contributed by atoms with van der Waals surface area (Å²) in [7, 11) is -4.39. The highest BCUT2D eigenvalue weighted by Gasteiger charge is 2.27. The van der Waals surface area contributed by atoms with E-state index in [-0.39, 0.29) is 42.2 Å². The smallest absolute Gasteiger partial charge is 0.262 e. The lowest BCUT2D eigenvalue weighted by atomic mass is 10.1. The standard InChI is InChI=1S/C43H43N13O10S3/c44-38-36-40(50-23-48-38)54(42(52-36)67-33-21-31-29(63-14-16-65-31)19-25(33)27-3-1-12-61-27)10-7-46-6-5-35(57)56(58)69(59,60)18-9-47-8-11-55-41-37(39(45)49-24-51-41)53-43(55)68-34-22-32-30(64-15-17-66-32)20-26(34)28-4-2-13-62-28/h1-4,12-13,19-24,46-47,58H,5-11,14-18H2,(H2,44,48,50)(H2,45,49,51). The van der Waals surface area contributed by atoms with Crippen LogP contribution in [0.25, 0.3) is 45.0 Å². The number of fused-ring (bicyclic) bond motifs is 4. The molecule has 1 amide bonds. The van der Waals surface area contributed by atoms with Gasteiger partial charge in [-0.3, -0.25) is 10.0 Å². The molecule has 2 aliphatic rings. The molecular formula is C43H43N13O10S3. The number of hydrogen-bond acceptors (Lipinski definition) is 22. The Morgan fingerprint density at radius 3 is 1.61 bits per heavy atom. The topological polar surface area (TPSA) is 301 Å². The molecule has 0 saturated heterocycles. The van der Waals surface area contributed by atoms with Gasteiger partial charge in [0.05, 0.1) is 18.3 Å². The average Bonchev–Trinajstić information content (AvgIpc) is 4.20. The second kappa shape index (κ2) is 19.9. The largest absolute Gasteiger partial charge is 0.486 e. The fourth-order valence-electron chi connectivity index (χ4n) is 7.55. The lowest BCUT2D eigenvalue weighted by Crippen LogP contribution is -2.39. The zero-order valence-corrected chi connectivity index (χ0v) is 38.9. The first-order chi connectivity index (χ1) is 33.6. The first-order valence-corrected chi connectivity index (χ1v) is 24.8. The Morgan fingerprint density at radius 2 is 1.14 bits per heavy atom. The first kappa shape index (κ1) is 45.7. The Bertz CT molecular complexity index is 3260. The maximum Gasteiger partial charge on any atom is 0.262 e. The van der Waals surface area contributed by atoms with Crippen LogP contribution in [-0.4, -0.2) is 121 Å². The van der Waals surface area contributed by atoms with Crippen LogP contribution in [0.5, 0.6) is 23.0 Å². The van der Waals surface area contributed by atoms with Crippen LogP contribution in [-0.2, 0) is 27.9 Å². The van der Waals surface area contributed by atoms with Crippen molar-refractivity contribution in [2.24, 2.45) is 0 Å². The van der Waals surface area contributed by atoms with Crippen LogP contribution < -0.4 is 41.0 Å². The van der Waals surface area contributed by atoms with Crippen molar-refractivity contribution in [2.75, 3.05) is 69.8 Å². The third kappa shape index (κ3) is 9.66. The minimum absolute atomic E-state index is 0.0588. The SMILES string of the molecule is Nc1ncnc2c1nc(Sc1cc3c(cc1-c1ccco1)OCCO3)n2CCNCCC(=O)N(O)S(=O)(=O)CCNCCn1c(Sc2cc3c(cc2-c2ccco2)OCCO3)nc2c(N)ncnc21. The predicted molar refractivity (Wildman–Crippen MR) is 251 cm³/mol. The van der Waals surface area contributed by atoms with E-state index in [1.165, 1.54) is 36.2 Å². The molecule has 23 nitrogen and oxygen atoms in total. The number of benzene rings is 2. The molecule has 0 atom stereocenters. The van der Waals surface area contributed by atoms with Crippen molar-refractivity contribution in [3.63, 3.8) is 0 Å². The molecule has 0 unspecified atom stereocenters. The van der Waals surface area contributed by atoms with E-state index in [9.17, 15) is 18.4 Å². The van der Waals surface area contributed by atoms with E-state index < -0.39 is 21.7 Å². The summed E-state index contributed by atoms with van der Waals surface area (Å²) in [5.74, 6) is 2.46. The highest BCUT2D eigenvalue weighted by Crippen LogP contribution is 2.46. The van der Waals surface area contributed by atoms with Gasteiger partial charge in [0.25, 0.3) is 15.9 Å². The first-order valence-electron chi connectivity index (χ1n) is 21.5. The van der Waals surface area contributed by atoms with Crippen LogP contribution in [0.3, 0.4) is 0 Å². The second-order valence-corrected chi connectivity index (χ2v) is 19.2. The molecular weight excluding hydrogens is 955 g/mol. The number of imidazole rings is 2. The van der Waals surface area contributed by atoms with E-state index in [0.29, 0.717) is 113 Å². The van der Waals surface area contributed by atoms with E-state index in [1.807, 2.05) is 45.5 Å².